The molecule has 4 nitrogen and oxygen atoms in total. The first-order valence-corrected chi connectivity index (χ1v) is 14.1. The van der Waals surface area contributed by atoms with Crippen LogP contribution in [0.25, 0.3) is 0 Å². The van der Waals surface area contributed by atoms with E-state index < -0.39 is 0 Å². The molecule has 2 aromatic carbocycles. The third-order valence-corrected chi connectivity index (χ3v) is 7.47. The van der Waals surface area contributed by atoms with Crippen molar-refractivity contribution in [2.75, 3.05) is 27.2 Å². The van der Waals surface area contributed by atoms with Crippen molar-refractivity contribution in [2.45, 2.75) is 118 Å². The van der Waals surface area contributed by atoms with Gasteiger partial charge in [-0.15, -0.1) is 24.8 Å². The summed E-state index contributed by atoms with van der Waals surface area (Å²) in [7, 11) is 4.23. The lowest BCUT2D eigenvalue weighted by atomic mass is 9.79. The maximum Gasteiger partial charge on any atom is 0.123 e. The van der Waals surface area contributed by atoms with Gasteiger partial charge in [0.25, 0.3) is 0 Å². The summed E-state index contributed by atoms with van der Waals surface area (Å²) in [6.45, 7) is 29.4. The van der Waals surface area contributed by atoms with Gasteiger partial charge in [-0.05, 0) is 58.0 Å². The van der Waals surface area contributed by atoms with Gasteiger partial charge in [0.1, 0.15) is 11.5 Å². The van der Waals surface area contributed by atoms with Crippen LogP contribution in [0.3, 0.4) is 0 Å². The second-order valence-corrected chi connectivity index (χ2v) is 15.5. The monoisotopic (exact) mass is 596 g/mol. The third kappa shape index (κ3) is 10.1. The van der Waals surface area contributed by atoms with Crippen LogP contribution in [0, 0.1) is 0 Å². The zero-order valence-corrected chi connectivity index (χ0v) is 29.4. The van der Waals surface area contributed by atoms with Crippen molar-refractivity contribution in [3.63, 3.8) is 0 Å². The van der Waals surface area contributed by atoms with E-state index in [2.05, 4.69) is 131 Å². The van der Waals surface area contributed by atoms with Crippen LogP contribution in [0.4, 0.5) is 0 Å². The molecule has 40 heavy (non-hydrogen) atoms. The molecule has 0 aliphatic heterocycles. The summed E-state index contributed by atoms with van der Waals surface area (Å²) in [5.41, 5.74) is 6.25. The quantitative estimate of drug-likeness (QED) is 0.335. The topological polar surface area (TPSA) is 46.9 Å². The van der Waals surface area contributed by atoms with E-state index in [4.69, 9.17) is 0 Å². The molecule has 0 aromatic heterocycles. The van der Waals surface area contributed by atoms with E-state index in [-0.39, 0.29) is 46.5 Å². The second-order valence-electron chi connectivity index (χ2n) is 15.5. The Balaban J connectivity index is 0.00000760. The molecule has 0 bridgehead atoms. The Kier molecular flexibility index (Phi) is 13.2. The number of hydrogen-bond acceptors (Lipinski definition) is 4. The van der Waals surface area contributed by atoms with Crippen molar-refractivity contribution in [3.8, 4) is 11.5 Å². The van der Waals surface area contributed by atoms with Crippen molar-refractivity contribution in [2.24, 2.45) is 0 Å². The van der Waals surface area contributed by atoms with Crippen molar-refractivity contribution in [1.82, 2.24) is 9.80 Å². The molecule has 2 aromatic rings. The van der Waals surface area contributed by atoms with E-state index in [1.54, 1.807) is 0 Å². The van der Waals surface area contributed by atoms with Crippen LogP contribution < -0.4 is 0 Å². The van der Waals surface area contributed by atoms with Crippen molar-refractivity contribution in [1.29, 1.82) is 0 Å². The number of phenols is 2. The Labute approximate surface area is 258 Å². The predicted octanol–water partition coefficient (Wildman–Crippen LogP) is 8.70. The molecule has 230 valence electrons. The summed E-state index contributed by atoms with van der Waals surface area (Å²) in [5.74, 6) is 0.841. The summed E-state index contributed by atoms with van der Waals surface area (Å²) in [6, 6.07) is 8.71. The minimum atomic E-state index is -0.131. The molecular weight excluding hydrogens is 539 g/mol. The van der Waals surface area contributed by atoms with E-state index in [0.29, 0.717) is 24.6 Å². The molecule has 2 rings (SSSR count). The van der Waals surface area contributed by atoms with Gasteiger partial charge in [0, 0.05) is 37.3 Å². The van der Waals surface area contributed by atoms with E-state index >= 15 is 0 Å². The Morgan fingerprint density at radius 3 is 1.00 bits per heavy atom. The Morgan fingerprint density at radius 1 is 0.500 bits per heavy atom. The molecule has 2 N–H and O–H groups in total. The van der Waals surface area contributed by atoms with Crippen LogP contribution in [0.2, 0.25) is 0 Å². The number of rotatable bonds is 7. The summed E-state index contributed by atoms with van der Waals surface area (Å²) >= 11 is 0. The molecule has 0 amide bonds. The van der Waals surface area contributed by atoms with Crippen molar-refractivity contribution < 1.29 is 10.2 Å². The van der Waals surface area contributed by atoms with Gasteiger partial charge in [-0.2, -0.15) is 0 Å². The van der Waals surface area contributed by atoms with Crippen LogP contribution in [0.1, 0.15) is 116 Å². The first kappa shape index (κ1) is 38.5. The summed E-state index contributed by atoms with van der Waals surface area (Å²) in [4.78, 5) is 4.55. The fourth-order valence-electron chi connectivity index (χ4n) is 4.72. The van der Waals surface area contributed by atoms with Gasteiger partial charge in [-0.25, -0.2) is 0 Å². The average Bonchev–Trinajstić information content (AvgIpc) is 2.71. The molecular formula is C34H58Cl2N2O2. The standard InChI is InChI=1S/C34H56N2O2.2ClH/c1-31(2,3)25-17-23(29(37)27(19-25)33(7,8)9)21-35(13)15-16-36(14)22-24-18-26(32(4,5)6)20-28(30(24)38)34(10,11)12;;/h17-20,37-38H,15-16,21-22H2,1-14H3;2*1H. The van der Waals surface area contributed by atoms with Gasteiger partial charge < -0.3 is 20.0 Å². The van der Waals surface area contributed by atoms with E-state index in [0.717, 1.165) is 35.3 Å². The second kappa shape index (κ2) is 13.7. The Hall–Kier alpha value is -1.46. The highest BCUT2D eigenvalue weighted by Gasteiger charge is 2.27. The number of halogens is 2. The number of likely N-dealkylation sites (N-methyl/N-ethyl adjacent to an activating group) is 2. The summed E-state index contributed by atoms with van der Waals surface area (Å²) < 4.78 is 0. The average molecular weight is 598 g/mol. The minimum Gasteiger partial charge on any atom is -0.507 e. The fourth-order valence-corrected chi connectivity index (χ4v) is 4.72. The molecule has 0 aliphatic carbocycles. The lowest BCUT2D eigenvalue weighted by molar-refractivity contribution is 0.243. The smallest absolute Gasteiger partial charge is 0.123 e. The normalized spacial score (nSPS) is 12.9. The van der Waals surface area contributed by atoms with Gasteiger partial charge in [-0.3, -0.25) is 0 Å². The number of nitrogens with zero attached hydrogens (tertiary/aromatic N) is 2. The van der Waals surface area contributed by atoms with Gasteiger partial charge in [-0.1, -0.05) is 107 Å². The lowest BCUT2D eigenvalue weighted by Crippen LogP contribution is -2.31. The maximum atomic E-state index is 11.2. The molecule has 0 heterocycles. The van der Waals surface area contributed by atoms with Crippen LogP contribution in [-0.2, 0) is 34.7 Å². The van der Waals surface area contributed by atoms with E-state index in [1.807, 2.05) is 0 Å². The maximum absolute atomic E-state index is 11.2. The molecule has 0 spiro atoms. The number of aromatic hydroxyl groups is 2. The Morgan fingerprint density at radius 2 is 0.775 bits per heavy atom. The van der Waals surface area contributed by atoms with Crippen LogP contribution >= 0.6 is 24.8 Å². The number of benzene rings is 2. The highest BCUT2D eigenvalue weighted by atomic mass is 35.5. The highest BCUT2D eigenvalue weighted by Crippen LogP contribution is 2.39. The predicted molar refractivity (Wildman–Crippen MR) is 178 cm³/mol. The molecule has 0 radical (unpaired) electrons. The zero-order valence-electron chi connectivity index (χ0n) is 27.7. The largest absolute Gasteiger partial charge is 0.507 e. The molecule has 0 atom stereocenters. The molecule has 6 heteroatoms. The fraction of sp³-hybridized carbons (Fsp3) is 0.647. The summed E-state index contributed by atoms with van der Waals surface area (Å²) in [6.07, 6.45) is 0. The van der Waals surface area contributed by atoms with Crippen molar-refractivity contribution in [3.05, 3.63) is 57.6 Å². The first-order valence-electron chi connectivity index (χ1n) is 14.1. The van der Waals surface area contributed by atoms with Crippen molar-refractivity contribution >= 4 is 24.8 Å². The number of hydrogen-bond donors (Lipinski definition) is 2. The van der Waals surface area contributed by atoms with Gasteiger partial charge in [0.15, 0.2) is 0 Å². The first-order chi connectivity index (χ1) is 17.0. The third-order valence-electron chi connectivity index (χ3n) is 7.47. The highest BCUT2D eigenvalue weighted by molar-refractivity contribution is 5.85. The number of phenolic OH excluding ortho intramolecular Hbond substituents is 2. The van der Waals surface area contributed by atoms with E-state index in [1.165, 1.54) is 11.1 Å². The SMILES string of the molecule is CN(CCN(C)Cc1cc(C(C)(C)C)cc(C(C)(C)C)c1O)Cc1cc(C(C)(C)C)cc(C(C)(C)C)c1O.Cl.Cl. The zero-order chi connectivity index (χ0) is 29.4. The lowest BCUT2D eigenvalue weighted by Gasteiger charge is -2.30. The van der Waals surface area contributed by atoms with Gasteiger partial charge in [0.2, 0.25) is 0 Å². The molecule has 0 unspecified atom stereocenters. The van der Waals surface area contributed by atoms with Gasteiger partial charge >= 0.3 is 0 Å². The summed E-state index contributed by atoms with van der Waals surface area (Å²) in [5, 5.41) is 22.4. The van der Waals surface area contributed by atoms with E-state index in [9.17, 15) is 10.2 Å². The Bertz CT molecular complexity index is 1030. The van der Waals surface area contributed by atoms with Crippen LogP contribution in [0.5, 0.6) is 11.5 Å². The van der Waals surface area contributed by atoms with Crippen LogP contribution in [0.15, 0.2) is 24.3 Å². The molecule has 0 saturated carbocycles. The van der Waals surface area contributed by atoms with Gasteiger partial charge in [0.05, 0.1) is 0 Å². The minimum absolute atomic E-state index is 0. The molecule has 0 fully saturated rings. The molecule has 0 saturated heterocycles. The van der Waals surface area contributed by atoms with Crippen LogP contribution in [-0.4, -0.2) is 47.2 Å². The molecule has 0 aliphatic rings.